The van der Waals surface area contributed by atoms with Gasteiger partial charge in [0.1, 0.15) is 12.1 Å². The van der Waals surface area contributed by atoms with E-state index in [9.17, 15) is 0 Å². The highest BCUT2D eigenvalue weighted by molar-refractivity contribution is 14.2. The molecule has 0 aliphatic carbocycles. The van der Waals surface area contributed by atoms with Crippen LogP contribution in [0.4, 0.5) is 0 Å². The highest BCUT2D eigenvalue weighted by Crippen LogP contribution is 2.47. The van der Waals surface area contributed by atoms with Crippen LogP contribution in [0.15, 0.2) is 60.7 Å². The minimum absolute atomic E-state index is 0.442. The Morgan fingerprint density at radius 3 is 1.32 bits per heavy atom. The third kappa shape index (κ3) is 3.49. The Balaban J connectivity index is 2.27. The van der Waals surface area contributed by atoms with Crippen molar-refractivity contribution < 1.29 is 0.910 Å². The number of hydrogen-bond acceptors (Lipinski definition) is 0. The monoisotopic (exact) mass is 478 g/mol. The summed E-state index contributed by atoms with van der Waals surface area (Å²) in [5.74, 6) is 0. The Bertz CT molecular complexity index is 463. The summed E-state index contributed by atoms with van der Waals surface area (Å²) in [6.45, 7) is 4.60. The summed E-state index contributed by atoms with van der Waals surface area (Å²) < 4.78 is 0.892. The Hall–Kier alpha value is -0.140. The van der Waals surface area contributed by atoms with E-state index in [-0.39, 0.29) is 0 Å². The molecule has 0 fully saturated rings. The molecule has 0 saturated heterocycles. The van der Waals surface area contributed by atoms with Gasteiger partial charge in [-0.15, -0.1) is 0 Å². The van der Waals surface area contributed by atoms with Crippen LogP contribution in [0.25, 0.3) is 0 Å². The minimum atomic E-state index is 0.442. The van der Waals surface area contributed by atoms with E-state index >= 15 is 0 Å². The number of rotatable bonds is 4. The molecule has 0 aliphatic rings. The lowest BCUT2D eigenvalue weighted by Gasteiger charge is -2.35. The summed E-state index contributed by atoms with van der Waals surface area (Å²) in [7, 11) is 0. The fourth-order valence-electron chi connectivity index (χ4n) is 2.20. The van der Waals surface area contributed by atoms with Crippen molar-refractivity contribution in [2.75, 3.05) is 0 Å². The molecule has 2 rings (SSSR count). The van der Waals surface area contributed by atoms with Gasteiger partial charge in [0.25, 0.3) is 45.7 Å². The van der Waals surface area contributed by atoms with Crippen LogP contribution in [0.3, 0.4) is 0 Å². The predicted molar refractivity (Wildman–Crippen MR) is 98.0 cm³/mol. The Morgan fingerprint density at radius 2 is 1.00 bits per heavy atom. The maximum Gasteiger partial charge on any atom is 0.258 e. The summed E-state index contributed by atoms with van der Waals surface area (Å²) >= 11 is 5.12. The minimum Gasteiger partial charge on any atom is -0.200 e. The van der Waals surface area contributed by atoms with Gasteiger partial charge in [-0.05, 0) is 13.8 Å². The molecule has 0 radical (unpaired) electrons. The van der Waals surface area contributed by atoms with E-state index in [1.54, 1.807) is 0 Å². The van der Waals surface area contributed by atoms with Crippen LogP contribution in [0.2, 0.25) is 0 Å². The van der Waals surface area contributed by atoms with Gasteiger partial charge in [-0.25, -0.2) is 0 Å². The fourth-order valence-corrected chi connectivity index (χ4v) is 3.48. The Labute approximate surface area is 143 Å². The summed E-state index contributed by atoms with van der Waals surface area (Å²) in [6.07, 6.45) is 0. The topological polar surface area (TPSA) is 0 Å². The number of quaternary nitrogens is 1. The molecule has 0 aromatic heterocycles. The van der Waals surface area contributed by atoms with Gasteiger partial charge in [-0.1, -0.05) is 60.7 Å². The van der Waals surface area contributed by atoms with Crippen LogP contribution in [0.5, 0.6) is 0 Å². The quantitative estimate of drug-likeness (QED) is 0.372. The van der Waals surface area contributed by atoms with Gasteiger partial charge in [0, 0.05) is 11.1 Å². The molecule has 2 aromatic carbocycles. The predicted octanol–water partition coefficient (Wildman–Crippen LogP) is 6.03. The molecule has 19 heavy (non-hydrogen) atoms. The first-order chi connectivity index (χ1) is 9.03. The van der Waals surface area contributed by atoms with E-state index in [0.717, 1.165) is 0.910 Å². The molecule has 0 amide bonds. The smallest absolute Gasteiger partial charge is 0.200 e. The highest BCUT2D eigenvalue weighted by Gasteiger charge is 2.38. The summed E-state index contributed by atoms with van der Waals surface area (Å²) in [4.78, 5) is 0. The first-order valence-electron chi connectivity index (χ1n) is 6.41. The van der Waals surface area contributed by atoms with Crippen LogP contribution >= 0.6 is 45.7 Å². The normalized spacial score (nSPS) is 14.9. The highest BCUT2D eigenvalue weighted by atomic mass is 127. The van der Waals surface area contributed by atoms with Crippen molar-refractivity contribution in [3.63, 3.8) is 0 Å². The third-order valence-electron chi connectivity index (χ3n) is 3.60. The first kappa shape index (κ1) is 15.3. The van der Waals surface area contributed by atoms with E-state index in [1.165, 1.54) is 11.1 Å². The summed E-state index contributed by atoms with van der Waals surface area (Å²) in [5.41, 5.74) is 2.77. The van der Waals surface area contributed by atoms with Gasteiger partial charge in [0.05, 0.1) is 0 Å². The summed E-state index contributed by atoms with van der Waals surface area (Å²) in [6, 6.07) is 22.4. The lowest BCUT2D eigenvalue weighted by atomic mass is 10.0. The SMILES string of the molecule is CC(c1ccccc1)[N+](I)(I)C(C)c1ccccc1. The molecule has 0 saturated carbocycles. The maximum atomic E-state index is 2.56. The lowest BCUT2D eigenvalue weighted by molar-refractivity contribution is -0.634. The van der Waals surface area contributed by atoms with Crippen molar-refractivity contribution >= 4 is 45.7 Å². The largest absolute Gasteiger partial charge is 0.258 e. The van der Waals surface area contributed by atoms with Crippen molar-refractivity contribution in [1.82, 2.24) is 0 Å². The fraction of sp³-hybridized carbons (Fsp3) is 0.250. The second kappa shape index (κ2) is 6.54. The molecule has 1 nitrogen and oxygen atoms in total. The lowest BCUT2D eigenvalue weighted by Crippen LogP contribution is -2.31. The molecular weight excluding hydrogens is 460 g/mol. The molecule has 0 bridgehead atoms. The Kier molecular flexibility index (Phi) is 5.25. The van der Waals surface area contributed by atoms with E-state index in [4.69, 9.17) is 0 Å². The van der Waals surface area contributed by atoms with E-state index in [2.05, 4.69) is 120 Å². The molecule has 2 unspecified atom stereocenters. The van der Waals surface area contributed by atoms with Gasteiger partial charge >= 0.3 is 0 Å². The number of halogens is 2. The van der Waals surface area contributed by atoms with Gasteiger partial charge in [0.15, 0.2) is 0 Å². The van der Waals surface area contributed by atoms with Crippen molar-refractivity contribution in [2.24, 2.45) is 0 Å². The van der Waals surface area contributed by atoms with Crippen molar-refractivity contribution in [3.8, 4) is 0 Å². The summed E-state index contributed by atoms with van der Waals surface area (Å²) in [5, 5.41) is 0. The molecular formula is C16H18I2N+. The molecule has 0 N–H and O–H groups in total. The second-order valence-electron chi connectivity index (χ2n) is 4.78. The van der Waals surface area contributed by atoms with Crippen LogP contribution < -0.4 is 0 Å². The van der Waals surface area contributed by atoms with Gasteiger partial charge < -0.3 is 0 Å². The van der Waals surface area contributed by atoms with Gasteiger partial charge in [-0.3, -0.25) is 0 Å². The molecule has 2 aromatic rings. The van der Waals surface area contributed by atoms with Crippen LogP contribution in [0.1, 0.15) is 37.1 Å². The molecule has 0 heterocycles. The van der Waals surface area contributed by atoms with Gasteiger partial charge in [0.2, 0.25) is 0 Å². The second-order valence-corrected chi connectivity index (χ2v) is 9.82. The Morgan fingerprint density at radius 1 is 0.684 bits per heavy atom. The van der Waals surface area contributed by atoms with E-state index in [1.807, 2.05) is 0 Å². The number of benzene rings is 2. The van der Waals surface area contributed by atoms with E-state index < -0.39 is 0 Å². The van der Waals surface area contributed by atoms with Crippen molar-refractivity contribution in [1.29, 1.82) is 0 Å². The molecule has 0 aliphatic heterocycles. The van der Waals surface area contributed by atoms with Crippen LogP contribution in [-0.4, -0.2) is 0.910 Å². The first-order valence-corrected chi connectivity index (χ1v) is 8.34. The zero-order chi connectivity index (χ0) is 13.9. The average Bonchev–Trinajstić information content (AvgIpc) is 2.47. The zero-order valence-corrected chi connectivity index (χ0v) is 15.4. The van der Waals surface area contributed by atoms with Crippen LogP contribution in [-0.2, 0) is 0 Å². The third-order valence-corrected chi connectivity index (χ3v) is 6.94. The zero-order valence-electron chi connectivity index (χ0n) is 11.1. The molecule has 3 heteroatoms. The maximum absolute atomic E-state index is 2.56. The standard InChI is InChI=1S/C16H18I2N/c1-13(15-9-5-3-6-10-15)19(17,18)14(2)16-11-7-4-8-12-16/h3-14H,1-2H3/q+1. The number of nitrogens with zero attached hydrogens (tertiary/aromatic N) is 1. The molecule has 2 atom stereocenters. The van der Waals surface area contributed by atoms with E-state index in [0.29, 0.717) is 12.1 Å². The average molecular weight is 478 g/mol. The molecule has 0 spiro atoms. The molecule has 100 valence electrons. The van der Waals surface area contributed by atoms with Crippen LogP contribution in [0, 0.1) is 0 Å². The van der Waals surface area contributed by atoms with Gasteiger partial charge in [-0.2, -0.15) is 0.910 Å². The van der Waals surface area contributed by atoms with Crippen molar-refractivity contribution in [3.05, 3.63) is 71.8 Å². The van der Waals surface area contributed by atoms with Crippen molar-refractivity contribution in [2.45, 2.75) is 25.9 Å². The number of hydrogen-bond donors (Lipinski definition) is 0.